The molecule has 1 aliphatic rings. The number of pyridine rings is 1. The number of ether oxygens (including phenoxy) is 1. The van der Waals surface area contributed by atoms with E-state index in [2.05, 4.69) is 29.1 Å². The zero-order valence-electron chi connectivity index (χ0n) is 16.1. The summed E-state index contributed by atoms with van der Waals surface area (Å²) < 4.78 is 20.7. The molecule has 0 aliphatic carbocycles. The summed E-state index contributed by atoms with van der Waals surface area (Å²) in [5.41, 5.74) is 6.43. The van der Waals surface area contributed by atoms with Crippen LogP contribution in [0.25, 0.3) is 0 Å². The van der Waals surface area contributed by atoms with Crippen LogP contribution in [0.15, 0.2) is 35.5 Å². The maximum Gasteiger partial charge on any atom is 0.410 e. The molecule has 0 radical (unpaired) electrons. The van der Waals surface area contributed by atoms with Gasteiger partial charge in [0.2, 0.25) is 0 Å². The van der Waals surface area contributed by atoms with E-state index in [-0.39, 0.29) is 18.1 Å². The predicted molar refractivity (Wildman–Crippen MR) is 103 cm³/mol. The number of nitrogens with zero attached hydrogens (tertiary/aromatic N) is 2. The fourth-order valence-electron chi connectivity index (χ4n) is 3.08. The van der Waals surface area contributed by atoms with Gasteiger partial charge in [-0.05, 0) is 50.0 Å². The second-order valence-corrected chi connectivity index (χ2v) is 7.61. The van der Waals surface area contributed by atoms with Gasteiger partial charge in [0.1, 0.15) is 5.82 Å². The van der Waals surface area contributed by atoms with E-state index >= 15 is 4.39 Å². The van der Waals surface area contributed by atoms with Crippen LogP contribution in [-0.2, 0) is 4.74 Å². The molecule has 4 N–H and O–H groups in total. The number of amides is 1. The van der Waals surface area contributed by atoms with E-state index in [0.717, 1.165) is 0 Å². The third-order valence-electron chi connectivity index (χ3n) is 4.17. The van der Waals surface area contributed by atoms with Gasteiger partial charge in [-0.15, -0.1) is 0 Å². The predicted octanol–water partition coefficient (Wildman–Crippen LogP) is 3.69. The quantitative estimate of drug-likeness (QED) is 0.627. The summed E-state index contributed by atoms with van der Waals surface area (Å²) in [4.78, 5) is 19.0. The highest BCUT2D eigenvalue weighted by Gasteiger charge is 2.37. The van der Waals surface area contributed by atoms with Crippen molar-refractivity contribution in [3.8, 4) is 0 Å². The Kier molecular flexibility index (Phi) is 6.33. The number of aliphatic imine (C=N–C) groups is 1. The van der Waals surface area contributed by atoms with Gasteiger partial charge in [-0.3, -0.25) is 10.3 Å². The average molecular weight is 378 g/mol. The Morgan fingerprint density at radius 1 is 1.56 bits per heavy atom. The first kappa shape index (κ1) is 21.0. The van der Waals surface area contributed by atoms with Crippen LogP contribution in [0.2, 0.25) is 0 Å². The van der Waals surface area contributed by atoms with Crippen molar-refractivity contribution in [3.63, 3.8) is 0 Å². The molecule has 0 spiro atoms. The van der Waals surface area contributed by atoms with Crippen molar-refractivity contribution in [2.24, 2.45) is 16.6 Å². The van der Waals surface area contributed by atoms with Crippen LogP contribution in [0.1, 0.15) is 45.7 Å². The number of rotatable bonds is 7. The molecule has 1 aromatic rings. The van der Waals surface area contributed by atoms with E-state index < -0.39 is 23.5 Å². The average Bonchev–Trinajstić information content (AvgIpc) is 2.54. The topological polar surface area (TPSA) is 110 Å². The molecule has 1 aliphatic heterocycles. The van der Waals surface area contributed by atoms with Crippen molar-refractivity contribution in [2.75, 3.05) is 11.9 Å². The summed E-state index contributed by atoms with van der Waals surface area (Å²) in [6.45, 7) is 7.56. The molecular formula is C19H27FN4O3. The Labute approximate surface area is 158 Å². The van der Waals surface area contributed by atoms with Crippen molar-refractivity contribution >= 4 is 17.6 Å². The molecule has 148 valence electrons. The van der Waals surface area contributed by atoms with E-state index in [0.29, 0.717) is 17.9 Å². The molecular weight excluding hydrogens is 351 g/mol. The lowest BCUT2D eigenvalue weighted by molar-refractivity contribution is -0.0732. The molecule has 3 atom stereocenters. The highest BCUT2D eigenvalue weighted by molar-refractivity contribution is 5.92. The Morgan fingerprint density at radius 3 is 2.85 bits per heavy atom. The highest BCUT2D eigenvalue weighted by atomic mass is 19.2. The third kappa shape index (κ3) is 5.83. The smallest absolute Gasteiger partial charge is 0.410 e. The van der Waals surface area contributed by atoms with Gasteiger partial charge in [0.05, 0.1) is 18.4 Å². The van der Waals surface area contributed by atoms with Crippen molar-refractivity contribution in [1.29, 1.82) is 0 Å². The lowest BCUT2D eigenvalue weighted by Gasteiger charge is -2.32. The maximum atomic E-state index is 15.2. The molecule has 0 saturated heterocycles. The zero-order valence-corrected chi connectivity index (χ0v) is 16.1. The van der Waals surface area contributed by atoms with Crippen LogP contribution >= 0.6 is 0 Å². The normalized spacial score (nSPS) is 24.4. The molecule has 1 aromatic heterocycles. The number of carboxylic acid groups (broad SMARTS) is 1. The third-order valence-corrected chi connectivity index (χ3v) is 4.17. The van der Waals surface area contributed by atoms with Crippen LogP contribution in [0, 0.1) is 5.92 Å². The van der Waals surface area contributed by atoms with E-state index in [1.54, 1.807) is 25.1 Å². The molecule has 0 fully saturated rings. The van der Waals surface area contributed by atoms with Gasteiger partial charge >= 0.3 is 6.09 Å². The molecule has 2 heterocycles. The summed E-state index contributed by atoms with van der Waals surface area (Å²) in [6.07, 6.45) is 3.89. The second kappa shape index (κ2) is 8.14. The Bertz CT molecular complexity index is 748. The second-order valence-electron chi connectivity index (χ2n) is 7.61. The molecule has 0 aromatic carbocycles. The summed E-state index contributed by atoms with van der Waals surface area (Å²) in [6, 6.07) is 2.81. The minimum absolute atomic E-state index is 0.0610. The molecule has 0 saturated carbocycles. The molecule has 1 amide bonds. The lowest BCUT2D eigenvalue weighted by Crippen LogP contribution is -2.47. The number of nitrogens with one attached hydrogen (secondary N) is 1. The van der Waals surface area contributed by atoms with Gasteiger partial charge in [-0.2, -0.15) is 0 Å². The summed E-state index contributed by atoms with van der Waals surface area (Å²) in [7, 11) is 0. The number of nitrogens with two attached hydrogens (primary N) is 1. The fraction of sp³-hybridized carbons (Fsp3) is 0.526. The van der Waals surface area contributed by atoms with Gasteiger partial charge in [0.25, 0.3) is 5.85 Å². The monoisotopic (exact) mass is 378 g/mol. The molecule has 7 nitrogen and oxygen atoms in total. The number of anilines is 1. The number of aromatic nitrogens is 1. The highest BCUT2D eigenvalue weighted by Crippen LogP contribution is 2.31. The SMILES string of the molecule is CC1=NC(c2ccnc(NC(=O)O)c2)C=CC1(F)OCC(C)(N)CC(C)C. The van der Waals surface area contributed by atoms with Crippen LogP contribution in [0.3, 0.4) is 0 Å². The number of dihydropyridines is 1. The van der Waals surface area contributed by atoms with E-state index in [9.17, 15) is 4.79 Å². The number of carbonyl (C=O) groups is 1. The number of hydrogen-bond acceptors (Lipinski definition) is 5. The molecule has 3 unspecified atom stereocenters. The van der Waals surface area contributed by atoms with Crippen molar-refractivity contribution in [3.05, 3.63) is 36.0 Å². The van der Waals surface area contributed by atoms with Gasteiger partial charge in [-0.1, -0.05) is 19.9 Å². The minimum atomic E-state index is -2.11. The zero-order chi connectivity index (χ0) is 20.2. The molecule has 0 bridgehead atoms. The summed E-state index contributed by atoms with van der Waals surface area (Å²) in [5, 5.41) is 11.0. The summed E-state index contributed by atoms with van der Waals surface area (Å²) in [5.74, 6) is -1.55. The summed E-state index contributed by atoms with van der Waals surface area (Å²) >= 11 is 0. The van der Waals surface area contributed by atoms with E-state index in [1.807, 2.05) is 6.92 Å². The van der Waals surface area contributed by atoms with Crippen molar-refractivity contribution < 1.29 is 19.0 Å². The van der Waals surface area contributed by atoms with Gasteiger partial charge in [0, 0.05) is 11.7 Å². The minimum Gasteiger partial charge on any atom is -0.465 e. The first-order valence-corrected chi connectivity index (χ1v) is 8.83. The molecule has 27 heavy (non-hydrogen) atoms. The lowest BCUT2D eigenvalue weighted by atomic mass is 9.92. The van der Waals surface area contributed by atoms with E-state index in [4.69, 9.17) is 15.6 Å². The number of hydrogen-bond donors (Lipinski definition) is 3. The first-order chi connectivity index (χ1) is 12.5. The standard InChI is InChI=1S/C19H27FN4O3/c1-12(2)10-18(4,21)11-27-19(20)7-5-15(23-13(19)3)14-6-8-22-16(9-14)24-17(25)26/h5-9,12,15H,10-11,21H2,1-4H3,(H,22,24)(H,25,26). The first-order valence-electron chi connectivity index (χ1n) is 8.83. The van der Waals surface area contributed by atoms with Crippen LogP contribution in [-0.4, -0.2) is 39.9 Å². The molecule has 2 rings (SSSR count). The number of halogens is 1. The maximum absolute atomic E-state index is 15.2. The van der Waals surface area contributed by atoms with E-state index in [1.165, 1.54) is 12.3 Å². The van der Waals surface area contributed by atoms with Crippen LogP contribution in [0.5, 0.6) is 0 Å². The van der Waals surface area contributed by atoms with Gasteiger partial charge in [0.15, 0.2) is 0 Å². The number of alkyl halides is 1. The van der Waals surface area contributed by atoms with Crippen LogP contribution < -0.4 is 11.1 Å². The Morgan fingerprint density at radius 2 is 2.26 bits per heavy atom. The Balaban J connectivity index is 2.10. The van der Waals surface area contributed by atoms with Gasteiger partial charge < -0.3 is 15.6 Å². The van der Waals surface area contributed by atoms with Crippen LogP contribution in [0.4, 0.5) is 15.0 Å². The Hall–Kier alpha value is -2.32. The molecule has 8 heteroatoms. The van der Waals surface area contributed by atoms with Crippen molar-refractivity contribution in [1.82, 2.24) is 4.98 Å². The van der Waals surface area contributed by atoms with Crippen molar-refractivity contribution in [2.45, 2.75) is 51.6 Å². The van der Waals surface area contributed by atoms with Gasteiger partial charge in [-0.25, -0.2) is 14.2 Å². The largest absolute Gasteiger partial charge is 0.465 e. The fourth-order valence-corrected chi connectivity index (χ4v) is 3.08.